The molecule has 0 saturated carbocycles. The number of esters is 1. The molecule has 0 aliphatic carbocycles. The number of carbonyl (C=O) groups excluding carboxylic acids is 1. The predicted octanol–water partition coefficient (Wildman–Crippen LogP) is 0.599. The third-order valence-electron chi connectivity index (χ3n) is 3.21. The minimum absolute atomic E-state index is 0.196. The number of piperidine rings is 1. The van der Waals surface area contributed by atoms with E-state index in [0.29, 0.717) is 13.0 Å². The maximum Gasteiger partial charge on any atom is 0.306 e. The molecule has 1 unspecified atom stereocenters. The van der Waals surface area contributed by atoms with Crippen LogP contribution >= 0.6 is 0 Å². The molecule has 1 N–H and O–H groups in total. The van der Waals surface area contributed by atoms with E-state index in [4.69, 9.17) is 9.84 Å². The van der Waals surface area contributed by atoms with Gasteiger partial charge in [0.15, 0.2) is 0 Å². The van der Waals surface area contributed by atoms with Crippen LogP contribution in [0.4, 0.5) is 0 Å². The van der Waals surface area contributed by atoms with Gasteiger partial charge < -0.3 is 9.84 Å². The molecule has 8 heteroatoms. The Kier molecular flexibility index (Phi) is 6.41. The van der Waals surface area contributed by atoms with Crippen molar-refractivity contribution >= 4 is 22.0 Å². The summed E-state index contributed by atoms with van der Waals surface area (Å²) in [7, 11) is -3.62. The van der Waals surface area contributed by atoms with Gasteiger partial charge in [-0.15, -0.1) is 0 Å². The lowest BCUT2D eigenvalue weighted by atomic mass is 10.0. The summed E-state index contributed by atoms with van der Waals surface area (Å²) in [4.78, 5) is 22.0. The molecule has 1 aliphatic heterocycles. The zero-order chi connectivity index (χ0) is 15.2. The third kappa shape index (κ3) is 5.09. The summed E-state index contributed by atoms with van der Waals surface area (Å²) in [5, 5.41) is 8.84. The molecule has 0 amide bonds. The molecule has 0 aromatic heterocycles. The zero-order valence-corrected chi connectivity index (χ0v) is 12.4. The second-order valence-corrected chi connectivity index (χ2v) is 6.77. The molecule has 116 valence electrons. The molecule has 0 aromatic rings. The molecule has 1 rings (SSSR count). The fourth-order valence-corrected chi connectivity index (χ4v) is 4.01. The summed E-state index contributed by atoms with van der Waals surface area (Å²) in [6.07, 6.45) is 1.69. The minimum Gasteiger partial charge on any atom is -0.481 e. The third-order valence-corrected chi connectivity index (χ3v) is 5.13. The van der Waals surface area contributed by atoms with Crippen molar-refractivity contribution in [3.63, 3.8) is 0 Å². The van der Waals surface area contributed by atoms with Gasteiger partial charge in [0.2, 0.25) is 10.0 Å². The molecular weight excluding hydrogens is 286 g/mol. The van der Waals surface area contributed by atoms with Gasteiger partial charge in [-0.1, -0.05) is 6.42 Å². The van der Waals surface area contributed by atoms with Crippen molar-refractivity contribution in [3.05, 3.63) is 0 Å². The average molecular weight is 307 g/mol. The molecule has 20 heavy (non-hydrogen) atoms. The van der Waals surface area contributed by atoms with Crippen molar-refractivity contribution in [3.8, 4) is 0 Å². The molecule has 1 atom stereocenters. The quantitative estimate of drug-likeness (QED) is 0.691. The van der Waals surface area contributed by atoms with Crippen molar-refractivity contribution < 1.29 is 27.9 Å². The topological polar surface area (TPSA) is 101 Å². The number of carbonyl (C=O) groups is 2. The number of carboxylic acids is 1. The largest absolute Gasteiger partial charge is 0.481 e. The van der Waals surface area contributed by atoms with Gasteiger partial charge in [0, 0.05) is 12.6 Å². The zero-order valence-electron chi connectivity index (χ0n) is 11.6. The van der Waals surface area contributed by atoms with Gasteiger partial charge in [-0.3, -0.25) is 9.59 Å². The first kappa shape index (κ1) is 16.9. The van der Waals surface area contributed by atoms with Crippen molar-refractivity contribution in [1.82, 2.24) is 4.31 Å². The molecule has 0 spiro atoms. The number of hydrogen-bond acceptors (Lipinski definition) is 5. The fraction of sp³-hybridized carbons (Fsp3) is 0.833. The second kappa shape index (κ2) is 7.58. The van der Waals surface area contributed by atoms with Gasteiger partial charge in [-0.25, -0.2) is 8.42 Å². The van der Waals surface area contributed by atoms with Gasteiger partial charge in [0.1, 0.15) is 0 Å². The van der Waals surface area contributed by atoms with E-state index in [9.17, 15) is 18.0 Å². The molecule has 1 heterocycles. The van der Waals surface area contributed by atoms with E-state index in [1.165, 1.54) is 4.31 Å². The van der Waals surface area contributed by atoms with Crippen molar-refractivity contribution in [2.45, 2.75) is 45.1 Å². The van der Waals surface area contributed by atoms with Gasteiger partial charge in [-0.2, -0.15) is 4.31 Å². The molecule has 7 nitrogen and oxygen atoms in total. The SMILES string of the molecule is CCOC(=O)CCS(=O)(=O)N1CCCCC1CC(=O)O. The number of sulfonamides is 1. The number of hydrogen-bond donors (Lipinski definition) is 1. The Hall–Kier alpha value is -1.15. The highest BCUT2D eigenvalue weighted by Crippen LogP contribution is 2.23. The van der Waals surface area contributed by atoms with E-state index in [1.54, 1.807) is 6.92 Å². The van der Waals surface area contributed by atoms with Gasteiger partial charge in [-0.05, 0) is 19.8 Å². The van der Waals surface area contributed by atoms with E-state index in [-0.39, 0.29) is 25.2 Å². The Balaban J connectivity index is 2.67. The summed E-state index contributed by atoms with van der Waals surface area (Å²) in [5.74, 6) is -1.90. The van der Waals surface area contributed by atoms with Crippen LogP contribution in [0.5, 0.6) is 0 Å². The Morgan fingerprint density at radius 2 is 2.05 bits per heavy atom. The Morgan fingerprint density at radius 1 is 1.35 bits per heavy atom. The van der Waals surface area contributed by atoms with E-state index >= 15 is 0 Å². The smallest absolute Gasteiger partial charge is 0.306 e. The standard InChI is InChI=1S/C12H21NO6S/c1-2-19-12(16)6-8-20(17,18)13-7-4-3-5-10(13)9-11(14)15/h10H,2-9H2,1H3,(H,14,15). The summed E-state index contributed by atoms with van der Waals surface area (Å²) < 4.78 is 30.4. The van der Waals surface area contributed by atoms with Crippen LogP contribution in [0.15, 0.2) is 0 Å². The van der Waals surface area contributed by atoms with Gasteiger partial charge in [0.25, 0.3) is 0 Å². The molecule has 0 bridgehead atoms. The molecule has 0 radical (unpaired) electrons. The van der Waals surface area contributed by atoms with Crippen LogP contribution in [-0.2, 0) is 24.3 Å². The van der Waals surface area contributed by atoms with Crippen LogP contribution < -0.4 is 0 Å². The lowest BCUT2D eigenvalue weighted by molar-refractivity contribution is -0.142. The molecule has 1 aliphatic rings. The second-order valence-electron chi connectivity index (χ2n) is 4.73. The van der Waals surface area contributed by atoms with Crippen LogP contribution in [0.1, 0.15) is 39.0 Å². The summed E-state index contributed by atoms with van der Waals surface area (Å²) >= 11 is 0. The maximum atomic E-state index is 12.2. The average Bonchev–Trinajstić information content (AvgIpc) is 2.37. The Morgan fingerprint density at radius 3 is 2.65 bits per heavy atom. The first-order chi connectivity index (χ1) is 9.36. The first-order valence-electron chi connectivity index (χ1n) is 6.73. The van der Waals surface area contributed by atoms with Gasteiger partial charge in [0.05, 0.1) is 25.2 Å². The van der Waals surface area contributed by atoms with E-state index in [2.05, 4.69) is 0 Å². The lowest BCUT2D eigenvalue weighted by Gasteiger charge is -2.33. The highest BCUT2D eigenvalue weighted by atomic mass is 32.2. The number of aliphatic carboxylic acids is 1. The van der Waals surface area contributed by atoms with Crippen LogP contribution in [0.25, 0.3) is 0 Å². The normalized spacial score (nSPS) is 20.6. The molecule has 1 saturated heterocycles. The lowest BCUT2D eigenvalue weighted by Crippen LogP contribution is -2.45. The summed E-state index contributed by atoms with van der Waals surface area (Å²) in [6, 6.07) is -0.506. The number of rotatable bonds is 7. The maximum absolute atomic E-state index is 12.2. The summed E-state index contributed by atoms with van der Waals surface area (Å²) in [5.41, 5.74) is 0. The van der Waals surface area contributed by atoms with E-state index < -0.39 is 28.0 Å². The number of nitrogens with zero attached hydrogens (tertiary/aromatic N) is 1. The Labute approximate surface area is 118 Å². The monoisotopic (exact) mass is 307 g/mol. The highest BCUT2D eigenvalue weighted by molar-refractivity contribution is 7.89. The van der Waals surface area contributed by atoms with Crippen LogP contribution in [0.3, 0.4) is 0 Å². The first-order valence-corrected chi connectivity index (χ1v) is 8.34. The van der Waals surface area contributed by atoms with Crippen molar-refractivity contribution in [1.29, 1.82) is 0 Å². The molecule has 0 aromatic carbocycles. The number of carboxylic acid groups (broad SMARTS) is 1. The number of ether oxygens (including phenoxy) is 1. The van der Waals surface area contributed by atoms with Crippen LogP contribution in [0, 0.1) is 0 Å². The van der Waals surface area contributed by atoms with Crippen molar-refractivity contribution in [2.75, 3.05) is 18.9 Å². The van der Waals surface area contributed by atoms with Gasteiger partial charge >= 0.3 is 11.9 Å². The highest BCUT2D eigenvalue weighted by Gasteiger charge is 2.33. The predicted molar refractivity (Wildman–Crippen MR) is 71.6 cm³/mol. The van der Waals surface area contributed by atoms with Crippen molar-refractivity contribution in [2.24, 2.45) is 0 Å². The van der Waals surface area contributed by atoms with E-state index in [1.807, 2.05) is 0 Å². The van der Waals surface area contributed by atoms with Crippen LogP contribution in [-0.4, -0.2) is 54.7 Å². The molecular formula is C12H21NO6S. The molecule has 1 fully saturated rings. The van der Waals surface area contributed by atoms with Crippen LogP contribution in [0.2, 0.25) is 0 Å². The summed E-state index contributed by atoms with van der Waals surface area (Å²) in [6.45, 7) is 2.19. The minimum atomic E-state index is -3.62. The fourth-order valence-electron chi connectivity index (χ4n) is 2.31. The Bertz CT molecular complexity index is 447. The van der Waals surface area contributed by atoms with E-state index in [0.717, 1.165) is 12.8 Å².